The topological polar surface area (TPSA) is 86.8 Å². The SMILES string of the molecule is CCCCNC(=O)C(CC)N(CCc1ccccc1)C(=O)CCCN1c2cccc3cccc(c23)S1(=O)=O. The van der Waals surface area contributed by atoms with Gasteiger partial charge in [0.05, 0.1) is 10.6 Å². The highest BCUT2D eigenvalue weighted by molar-refractivity contribution is 7.93. The maximum absolute atomic E-state index is 13.5. The van der Waals surface area contributed by atoms with Gasteiger partial charge in [-0.2, -0.15) is 0 Å². The lowest BCUT2D eigenvalue weighted by atomic mass is 10.1. The van der Waals surface area contributed by atoms with Crippen LogP contribution in [0, 0.1) is 0 Å². The number of unbranched alkanes of at least 4 members (excludes halogenated alkanes) is 1. The summed E-state index contributed by atoms with van der Waals surface area (Å²) in [4.78, 5) is 28.5. The highest BCUT2D eigenvalue weighted by atomic mass is 32.2. The second kappa shape index (κ2) is 12.4. The van der Waals surface area contributed by atoms with Gasteiger partial charge in [0.2, 0.25) is 11.8 Å². The van der Waals surface area contributed by atoms with Crippen LogP contribution in [0.1, 0.15) is 51.5 Å². The molecule has 202 valence electrons. The lowest BCUT2D eigenvalue weighted by Crippen LogP contribution is -2.50. The summed E-state index contributed by atoms with van der Waals surface area (Å²) in [6, 6.07) is 20.2. The molecule has 4 rings (SSSR count). The summed E-state index contributed by atoms with van der Waals surface area (Å²) in [7, 11) is -3.67. The molecule has 0 aromatic heterocycles. The van der Waals surface area contributed by atoms with Crippen LogP contribution in [0.25, 0.3) is 10.8 Å². The zero-order valence-electron chi connectivity index (χ0n) is 22.2. The first-order chi connectivity index (χ1) is 18.4. The van der Waals surface area contributed by atoms with Crippen molar-refractivity contribution >= 4 is 38.3 Å². The van der Waals surface area contributed by atoms with E-state index in [1.54, 1.807) is 17.0 Å². The van der Waals surface area contributed by atoms with Crippen LogP contribution in [0.3, 0.4) is 0 Å². The van der Waals surface area contributed by atoms with E-state index in [1.807, 2.05) is 61.5 Å². The van der Waals surface area contributed by atoms with Crippen LogP contribution in [0.4, 0.5) is 5.69 Å². The summed E-state index contributed by atoms with van der Waals surface area (Å²) >= 11 is 0. The minimum absolute atomic E-state index is 0.133. The molecule has 8 heteroatoms. The predicted molar refractivity (Wildman–Crippen MR) is 152 cm³/mol. The van der Waals surface area contributed by atoms with Gasteiger partial charge in [0.1, 0.15) is 6.04 Å². The van der Waals surface area contributed by atoms with Crippen LogP contribution in [-0.2, 0) is 26.0 Å². The van der Waals surface area contributed by atoms with Gasteiger partial charge in [0, 0.05) is 31.4 Å². The van der Waals surface area contributed by atoms with Gasteiger partial charge in [-0.25, -0.2) is 8.42 Å². The number of hydrogen-bond donors (Lipinski definition) is 1. The van der Waals surface area contributed by atoms with Crippen molar-refractivity contribution < 1.29 is 18.0 Å². The second-order valence-electron chi connectivity index (χ2n) is 9.70. The minimum Gasteiger partial charge on any atom is -0.354 e. The third-order valence-electron chi connectivity index (χ3n) is 7.13. The summed E-state index contributed by atoms with van der Waals surface area (Å²) in [6.07, 6.45) is 3.54. The zero-order valence-corrected chi connectivity index (χ0v) is 23.0. The van der Waals surface area contributed by atoms with Crippen molar-refractivity contribution in [2.24, 2.45) is 0 Å². The Balaban J connectivity index is 1.46. The number of hydrogen-bond acceptors (Lipinski definition) is 4. The molecule has 3 aromatic rings. The molecule has 1 heterocycles. The van der Waals surface area contributed by atoms with Crippen molar-refractivity contribution in [3.05, 3.63) is 72.3 Å². The Kier molecular flexibility index (Phi) is 9.05. The van der Waals surface area contributed by atoms with Crippen LogP contribution in [0.2, 0.25) is 0 Å². The fraction of sp³-hybridized carbons (Fsp3) is 0.400. The summed E-state index contributed by atoms with van der Waals surface area (Å²) in [5, 5.41) is 4.60. The maximum Gasteiger partial charge on any atom is 0.265 e. The number of carbonyl (C=O) groups is 2. The third-order valence-corrected chi connectivity index (χ3v) is 8.99. The lowest BCUT2D eigenvalue weighted by molar-refractivity contribution is -0.140. The summed E-state index contributed by atoms with van der Waals surface area (Å²) in [6.45, 7) is 5.20. The fourth-order valence-corrected chi connectivity index (χ4v) is 6.87. The van der Waals surface area contributed by atoms with Crippen molar-refractivity contribution in [2.45, 2.75) is 63.3 Å². The molecule has 1 aliphatic heterocycles. The van der Waals surface area contributed by atoms with Gasteiger partial charge in [0.15, 0.2) is 0 Å². The average molecular weight is 536 g/mol. The number of carbonyl (C=O) groups excluding carboxylic acids is 2. The summed E-state index contributed by atoms with van der Waals surface area (Å²) in [5.74, 6) is -0.266. The van der Waals surface area contributed by atoms with Gasteiger partial charge >= 0.3 is 0 Å². The van der Waals surface area contributed by atoms with E-state index >= 15 is 0 Å². The zero-order chi connectivity index (χ0) is 27.1. The molecule has 0 spiro atoms. The Morgan fingerprint density at radius 1 is 0.947 bits per heavy atom. The quantitative estimate of drug-likeness (QED) is 0.316. The van der Waals surface area contributed by atoms with Crippen LogP contribution in [0.15, 0.2) is 71.6 Å². The minimum atomic E-state index is -3.67. The molecular weight excluding hydrogens is 498 g/mol. The van der Waals surface area contributed by atoms with Crippen LogP contribution in [0.5, 0.6) is 0 Å². The lowest BCUT2D eigenvalue weighted by Gasteiger charge is -2.31. The molecular formula is C30H37N3O4S. The van der Waals surface area contributed by atoms with Gasteiger partial charge in [-0.05, 0) is 48.8 Å². The second-order valence-corrected chi connectivity index (χ2v) is 11.5. The van der Waals surface area contributed by atoms with Gasteiger partial charge in [-0.1, -0.05) is 74.9 Å². The molecule has 1 unspecified atom stereocenters. The number of amides is 2. The smallest absolute Gasteiger partial charge is 0.265 e. The summed E-state index contributed by atoms with van der Waals surface area (Å²) < 4.78 is 28.0. The van der Waals surface area contributed by atoms with E-state index in [-0.39, 0.29) is 24.8 Å². The average Bonchev–Trinajstić information content (AvgIpc) is 3.14. The van der Waals surface area contributed by atoms with Gasteiger partial charge in [0.25, 0.3) is 10.0 Å². The Hall–Kier alpha value is -3.39. The molecule has 0 radical (unpaired) electrons. The molecule has 0 bridgehead atoms. The predicted octanol–water partition coefficient (Wildman–Crippen LogP) is 4.89. The molecule has 2 amide bonds. The molecule has 0 aliphatic carbocycles. The molecule has 1 N–H and O–H groups in total. The Morgan fingerprint density at radius 3 is 2.39 bits per heavy atom. The van der Waals surface area contributed by atoms with Crippen molar-refractivity contribution in [3.63, 3.8) is 0 Å². The van der Waals surface area contributed by atoms with E-state index in [4.69, 9.17) is 0 Å². The fourth-order valence-electron chi connectivity index (χ4n) is 5.12. The number of rotatable bonds is 13. The maximum atomic E-state index is 13.5. The normalized spacial score (nSPS) is 14.4. The van der Waals surface area contributed by atoms with E-state index in [0.717, 1.165) is 29.2 Å². The Bertz CT molecular complexity index is 1370. The highest BCUT2D eigenvalue weighted by Gasteiger charge is 2.35. The van der Waals surface area contributed by atoms with E-state index in [1.165, 1.54) is 4.31 Å². The molecule has 1 aliphatic rings. The first-order valence-electron chi connectivity index (χ1n) is 13.5. The van der Waals surface area contributed by atoms with E-state index in [2.05, 4.69) is 12.2 Å². The Morgan fingerprint density at radius 2 is 1.68 bits per heavy atom. The van der Waals surface area contributed by atoms with Crippen molar-refractivity contribution in [3.8, 4) is 0 Å². The number of benzene rings is 3. The van der Waals surface area contributed by atoms with E-state index < -0.39 is 16.1 Å². The molecule has 7 nitrogen and oxygen atoms in total. The number of nitrogens with one attached hydrogen (secondary N) is 1. The van der Waals surface area contributed by atoms with Crippen molar-refractivity contribution in [2.75, 3.05) is 23.9 Å². The molecule has 3 aromatic carbocycles. The van der Waals surface area contributed by atoms with Crippen molar-refractivity contribution in [1.29, 1.82) is 0 Å². The number of nitrogens with zero attached hydrogens (tertiary/aromatic N) is 2. The van der Waals surface area contributed by atoms with Gasteiger partial charge < -0.3 is 10.2 Å². The summed E-state index contributed by atoms with van der Waals surface area (Å²) in [5.41, 5.74) is 1.76. The standard InChI is InChI=1S/C30H37N3O4S/c1-3-5-20-31-30(35)25(4-2)32(22-19-23-12-7-6-8-13-23)28(34)18-11-21-33-26-16-9-14-24-15-10-17-27(29(24)26)38(33,36)37/h6-10,12-17,25H,3-5,11,18-22H2,1-2H3,(H,31,35). The third kappa shape index (κ3) is 5.85. The molecule has 1 atom stereocenters. The largest absolute Gasteiger partial charge is 0.354 e. The van der Waals surface area contributed by atoms with E-state index in [9.17, 15) is 18.0 Å². The molecule has 0 fully saturated rings. The monoisotopic (exact) mass is 535 g/mol. The highest BCUT2D eigenvalue weighted by Crippen LogP contribution is 2.42. The van der Waals surface area contributed by atoms with Crippen molar-refractivity contribution in [1.82, 2.24) is 10.2 Å². The first kappa shape index (κ1) is 27.6. The molecule has 0 saturated heterocycles. The number of sulfonamides is 1. The molecule has 0 saturated carbocycles. The van der Waals surface area contributed by atoms with Crippen LogP contribution >= 0.6 is 0 Å². The van der Waals surface area contributed by atoms with E-state index in [0.29, 0.717) is 42.9 Å². The first-order valence-corrected chi connectivity index (χ1v) is 15.0. The van der Waals surface area contributed by atoms with Gasteiger partial charge in [-0.15, -0.1) is 0 Å². The number of anilines is 1. The van der Waals surface area contributed by atoms with Gasteiger partial charge in [-0.3, -0.25) is 13.9 Å². The molecule has 38 heavy (non-hydrogen) atoms. The van der Waals surface area contributed by atoms with Crippen LogP contribution in [-0.4, -0.2) is 50.8 Å². The van der Waals surface area contributed by atoms with Crippen LogP contribution < -0.4 is 9.62 Å². The Labute approximate surface area is 225 Å².